The molecule has 0 saturated carbocycles. The van der Waals surface area contributed by atoms with Crippen molar-refractivity contribution in [3.8, 4) is 0 Å². The molecule has 62 heavy (non-hydrogen) atoms. The molecule has 0 aliphatic carbocycles. The van der Waals surface area contributed by atoms with Crippen LogP contribution < -0.4 is 5.32 Å². The van der Waals surface area contributed by atoms with Crippen LogP contribution >= 0.6 is 0 Å². The molecule has 0 spiro atoms. The summed E-state index contributed by atoms with van der Waals surface area (Å²) in [5, 5.41) is 23.8. The first-order valence-electron chi connectivity index (χ1n) is 26.6. The predicted octanol–water partition coefficient (Wildman–Crippen LogP) is 16.0. The molecule has 0 radical (unpaired) electrons. The van der Waals surface area contributed by atoms with Gasteiger partial charge in [0.25, 0.3) is 0 Å². The van der Waals surface area contributed by atoms with Gasteiger partial charge in [0.1, 0.15) is 6.10 Å². The number of aliphatic hydroxyl groups excluding tert-OH is 2. The van der Waals surface area contributed by atoms with E-state index < -0.39 is 18.2 Å². The average Bonchev–Trinajstić information content (AvgIpc) is 3.26. The van der Waals surface area contributed by atoms with Crippen molar-refractivity contribution in [1.82, 2.24) is 5.32 Å². The molecule has 3 N–H and O–H groups in total. The Morgan fingerprint density at radius 1 is 0.484 bits per heavy atom. The number of allylic oxidation sites excluding steroid dienone is 10. The number of esters is 1. The number of ether oxygens (including phenoxy) is 1. The third-order valence-corrected chi connectivity index (χ3v) is 11.9. The van der Waals surface area contributed by atoms with Crippen molar-refractivity contribution in [1.29, 1.82) is 0 Å². The minimum Gasteiger partial charge on any atom is -0.462 e. The Morgan fingerprint density at radius 2 is 0.887 bits per heavy atom. The summed E-state index contributed by atoms with van der Waals surface area (Å²) < 4.78 is 5.90. The number of carbonyl (C=O) groups is 2. The first-order chi connectivity index (χ1) is 30.5. The Morgan fingerprint density at radius 3 is 1.35 bits per heavy atom. The Balaban J connectivity index is 4.62. The maximum absolute atomic E-state index is 13.2. The van der Waals surface area contributed by atoms with Crippen LogP contribution in [0.15, 0.2) is 60.8 Å². The second-order valence-electron chi connectivity index (χ2n) is 18.0. The Kier molecular flexibility index (Phi) is 47.6. The highest BCUT2D eigenvalue weighted by molar-refractivity contribution is 5.77. The van der Waals surface area contributed by atoms with Gasteiger partial charge in [-0.05, 0) is 64.2 Å². The number of hydrogen-bond donors (Lipinski definition) is 3. The van der Waals surface area contributed by atoms with Crippen LogP contribution in [0.3, 0.4) is 0 Å². The lowest BCUT2D eigenvalue weighted by atomic mass is 10.0. The van der Waals surface area contributed by atoms with Gasteiger partial charge in [-0.2, -0.15) is 0 Å². The molecular weight excluding hydrogens is 767 g/mol. The van der Waals surface area contributed by atoms with Crippen molar-refractivity contribution in [2.45, 2.75) is 277 Å². The zero-order valence-electron chi connectivity index (χ0n) is 41.0. The minimum absolute atomic E-state index is 0.0354. The van der Waals surface area contributed by atoms with E-state index in [0.717, 1.165) is 83.5 Å². The molecule has 0 aromatic rings. The molecule has 0 bridgehead atoms. The smallest absolute Gasteiger partial charge is 0.306 e. The lowest BCUT2D eigenvalue weighted by molar-refractivity contribution is -0.151. The highest BCUT2D eigenvalue weighted by Gasteiger charge is 2.24. The maximum atomic E-state index is 13.2. The third kappa shape index (κ3) is 44.2. The summed E-state index contributed by atoms with van der Waals surface area (Å²) in [6.45, 7) is 6.34. The second kappa shape index (κ2) is 49.6. The molecule has 0 aromatic heterocycles. The number of hydrogen-bond acceptors (Lipinski definition) is 5. The standard InChI is InChI=1S/C56H101NO5/c1-4-7-10-13-16-19-22-25-27-28-31-33-36-39-42-45-48-54(59)53(51-58)57-55(60)50-52(47-44-41-38-35-32-30-26-23-20-17-14-11-8-5-2)62-56(61)49-46-43-40-37-34-29-24-21-18-15-12-9-6-3/h9,12,15,18,21,24,30,32,35,38,52-54,58-59H,4-8,10-11,13-14,16-17,19-20,22-23,25-29,31,33-34,36-37,39-51H2,1-3H3,(H,57,60)/b12-9+,18-15+,24-21-,32-30+,38-35+. The molecule has 360 valence electrons. The minimum atomic E-state index is -0.804. The van der Waals surface area contributed by atoms with Crippen LogP contribution in [0.2, 0.25) is 0 Å². The van der Waals surface area contributed by atoms with E-state index >= 15 is 0 Å². The molecule has 1 amide bonds. The van der Waals surface area contributed by atoms with E-state index in [-0.39, 0.29) is 24.9 Å². The van der Waals surface area contributed by atoms with E-state index in [9.17, 15) is 19.8 Å². The molecule has 3 atom stereocenters. The van der Waals surface area contributed by atoms with Crippen LogP contribution in [0.1, 0.15) is 258 Å². The molecule has 6 nitrogen and oxygen atoms in total. The molecule has 6 heteroatoms. The van der Waals surface area contributed by atoms with Gasteiger partial charge in [-0.1, -0.05) is 242 Å². The number of amides is 1. The van der Waals surface area contributed by atoms with Crippen molar-refractivity contribution >= 4 is 11.9 Å². The summed E-state index contributed by atoms with van der Waals surface area (Å²) in [6, 6.07) is -0.721. The molecule has 0 rings (SSSR count). The number of rotatable bonds is 47. The van der Waals surface area contributed by atoms with Crippen LogP contribution in [-0.2, 0) is 14.3 Å². The molecule has 0 aliphatic rings. The first kappa shape index (κ1) is 59.6. The number of nitrogens with one attached hydrogen (secondary N) is 1. The van der Waals surface area contributed by atoms with Crippen LogP contribution in [-0.4, -0.2) is 46.9 Å². The van der Waals surface area contributed by atoms with Crippen molar-refractivity contribution in [2.75, 3.05) is 6.61 Å². The number of aliphatic hydroxyl groups is 2. The molecular formula is C56H101NO5. The molecule has 0 heterocycles. The zero-order valence-corrected chi connectivity index (χ0v) is 41.0. The van der Waals surface area contributed by atoms with Crippen molar-refractivity contribution in [3.05, 3.63) is 60.8 Å². The zero-order chi connectivity index (χ0) is 45.2. The lowest BCUT2D eigenvalue weighted by Crippen LogP contribution is -2.46. The van der Waals surface area contributed by atoms with E-state index in [1.54, 1.807) is 0 Å². The first-order valence-corrected chi connectivity index (χ1v) is 26.6. The fraction of sp³-hybridized carbons (Fsp3) is 0.786. The third-order valence-electron chi connectivity index (χ3n) is 11.9. The van der Waals surface area contributed by atoms with Gasteiger partial charge in [0, 0.05) is 6.42 Å². The Hall–Kier alpha value is -2.44. The van der Waals surface area contributed by atoms with Gasteiger partial charge in [-0.3, -0.25) is 9.59 Å². The predicted molar refractivity (Wildman–Crippen MR) is 268 cm³/mol. The normalized spacial score (nSPS) is 13.7. The van der Waals surface area contributed by atoms with Crippen LogP contribution in [0.4, 0.5) is 0 Å². The molecule has 3 unspecified atom stereocenters. The quantitative estimate of drug-likeness (QED) is 0.0322. The molecule has 0 saturated heterocycles. The van der Waals surface area contributed by atoms with E-state index in [0.29, 0.717) is 19.3 Å². The largest absolute Gasteiger partial charge is 0.462 e. The summed E-state index contributed by atoms with van der Waals surface area (Å²) >= 11 is 0. The fourth-order valence-electron chi connectivity index (χ4n) is 7.90. The number of unbranched alkanes of at least 4 members (excludes halogenated alkanes) is 28. The van der Waals surface area contributed by atoms with Gasteiger partial charge in [-0.25, -0.2) is 0 Å². The van der Waals surface area contributed by atoms with Gasteiger partial charge in [0.05, 0.1) is 25.2 Å². The van der Waals surface area contributed by atoms with Crippen LogP contribution in [0.5, 0.6) is 0 Å². The summed E-state index contributed by atoms with van der Waals surface area (Å²) in [5.41, 5.74) is 0. The van der Waals surface area contributed by atoms with E-state index in [1.807, 2.05) is 0 Å². The summed E-state index contributed by atoms with van der Waals surface area (Å²) in [5.74, 6) is -0.542. The summed E-state index contributed by atoms with van der Waals surface area (Å²) in [6.07, 6.45) is 61.4. The van der Waals surface area contributed by atoms with Crippen LogP contribution in [0, 0.1) is 0 Å². The summed E-state index contributed by atoms with van der Waals surface area (Å²) in [7, 11) is 0. The van der Waals surface area contributed by atoms with E-state index in [2.05, 4.69) is 86.8 Å². The monoisotopic (exact) mass is 868 g/mol. The van der Waals surface area contributed by atoms with E-state index in [1.165, 1.54) is 128 Å². The molecule has 0 aliphatic heterocycles. The van der Waals surface area contributed by atoms with Gasteiger partial charge in [-0.15, -0.1) is 0 Å². The van der Waals surface area contributed by atoms with Gasteiger partial charge < -0.3 is 20.3 Å². The van der Waals surface area contributed by atoms with E-state index in [4.69, 9.17) is 4.74 Å². The molecule has 0 fully saturated rings. The highest BCUT2D eigenvalue weighted by atomic mass is 16.5. The molecule has 0 aromatic carbocycles. The van der Waals surface area contributed by atoms with Crippen molar-refractivity contribution in [2.24, 2.45) is 0 Å². The topological polar surface area (TPSA) is 95.9 Å². The van der Waals surface area contributed by atoms with Gasteiger partial charge in [0.15, 0.2) is 0 Å². The summed E-state index contributed by atoms with van der Waals surface area (Å²) in [4.78, 5) is 26.1. The van der Waals surface area contributed by atoms with Crippen molar-refractivity contribution < 1.29 is 24.5 Å². The van der Waals surface area contributed by atoms with Crippen LogP contribution in [0.25, 0.3) is 0 Å². The Labute approximate surface area is 384 Å². The van der Waals surface area contributed by atoms with Crippen molar-refractivity contribution in [3.63, 3.8) is 0 Å². The second-order valence-corrected chi connectivity index (χ2v) is 18.0. The SMILES string of the molecule is CC/C=C/C=C/C=C\CCCCCCCC(=O)OC(CCC/C=C/C=C/CCCCCCCCC)CC(=O)NC(CO)C(O)CCCCCCCCCCCCCCCCCC. The lowest BCUT2D eigenvalue weighted by Gasteiger charge is -2.24. The fourth-order valence-corrected chi connectivity index (χ4v) is 7.90. The van der Waals surface area contributed by atoms with Gasteiger partial charge >= 0.3 is 5.97 Å². The Bertz CT molecular complexity index is 1110. The average molecular weight is 868 g/mol. The maximum Gasteiger partial charge on any atom is 0.306 e. The highest BCUT2D eigenvalue weighted by Crippen LogP contribution is 2.17. The number of carbonyl (C=O) groups excluding carboxylic acids is 2. The van der Waals surface area contributed by atoms with Gasteiger partial charge in [0.2, 0.25) is 5.91 Å².